The topological polar surface area (TPSA) is 104 Å². The smallest absolute Gasteiger partial charge is 0.227 e. The van der Waals surface area contributed by atoms with Gasteiger partial charge in [-0.1, -0.05) is 5.16 Å². The molecule has 1 atom stereocenters. The van der Waals surface area contributed by atoms with E-state index in [1.54, 1.807) is 6.07 Å². The molecule has 0 bridgehead atoms. The zero-order valence-electron chi connectivity index (χ0n) is 14.2. The SMILES string of the molecule is CNC(C)Cc1noc(CCS(=O)(=O)c2ccc3c(c2)OCCO3)n1. The molecule has 0 fully saturated rings. The van der Waals surface area contributed by atoms with Crippen LogP contribution in [0.25, 0.3) is 0 Å². The second-order valence-corrected chi connectivity index (χ2v) is 7.98. The molecule has 0 radical (unpaired) electrons. The molecule has 1 aromatic carbocycles. The summed E-state index contributed by atoms with van der Waals surface area (Å²) < 4.78 is 41.0. The molecule has 1 aliphatic rings. The number of benzene rings is 1. The van der Waals surface area contributed by atoms with E-state index in [2.05, 4.69) is 15.5 Å². The van der Waals surface area contributed by atoms with Gasteiger partial charge in [-0.3, -0.25) is 0 Å². The van der Waals surface area contributed by atoms with Crippen molar-refractivity contribution in [3.05, 3.63) is 29.9 Å². The van der Waals surface area contributed by atoms with Crippen LogP contribution in [0.5, 0.6) is 11.5 Å². The second-order valence-electron chi connectivity index (χ2n) is 5.87. The lowest BCUT2D eigenvalue weighted by molar-refractivity contribution is 0.171. The van der Waals surface area contributed by atoms with E-state index in [9.17, 15) is 8.42 Å². The van der Waals surface area contributed by atoms with Crippen molar-refractivity contribution >= 4 is 9.84 Å². The number of hydrogen-bond acceptors (Lipinski definition) is 8. The minimum absolute atomic E-state index is 0.115. The molecule has 1 aliphatic heterocycles. The van der Waals surface area contributed by atoms with Gasteiger partial charge in [0.15, 0.2) is 27.2 Å². The summed E-state index contributed by atoms with van der Waals surface area (Å²) in [6, 6.07) is 4.85. The summed E-state index contributed by atoms with van der Waals surface area (Å²) in [4.78, 5) is 4.43. The van der Waals surface area contributed by atoms with Gasteiger partial charge in [0.1, 0.15) is 13.2 Å². The number of aromatic nitrogens is 2. The summed E-state index contributed by atoms with van der Waals surface area (Å²) in [7, 11) is -1.63. The van der Waals surface area contributed by atoms with Crippen molar-refractivity contribution < 1.29 is 22.4 Å². The Labute approximate surface area is 146 Å². The fourth-order valence-electron chi connectivity index (χ4n) is 2.41. The first-order chi connectivity index (χ1) is 12.0. The molecular weight excluding hydrogens is 346 g/mol. The zero-order chi connectivity index (χ0) is 17.9. The highest BCUT2D eigenvalue weighted by molar-refractivity contribution is 7.91. The van der Waals surface area contributed by atoms with Crippen LogP contribution in [-0.4, -0.2) is 50.6 Å². The van der Waals surface area contributed by atoms with E-state index in [1.807, 2.05) is 14.0 Å². The largest absolute Gasteiger partial charge is 0.486 e. The first-order valence-corrected chi connectivity index (χ1v) is 9.74. The molecule has 136 valence electrons. The number of nitrogens with one attached hydrogen (secondary N) is 1. The van der Waals surface area contributed by atoms with Gasteiger partial charge >= 0.3 is 0 Å². The molecule has 25 heavy (non-hydrogen) atoms. The van der Waals surface area contributed by atoms with Crippen LogP contribution in [0.4, 0.5) is 0 Å². The number of nitrogens with zero attached hydrogens (tertiary/aromatic N) is 2. The fraction of sp³-hybridized carbons (Fsp3) is 0.500. The van der Waals surface area contributed by atoms with E-state index in [0.29, 0.717) is 42.8 Å². The molecule has 3 rings (SSSR count). The van der Waals surface area contributed by atoms with Crippen molar-refractivity contribution in [1.82, 2.24) is 15.5 Å². The molecule has 0 saturated heterocycles. The molecule has 2 aromatic rings. The Hall–Kier alpha value is -2.13. The Kier molecular flexibility index (Phi) is 5.24. The first-order valence-electron chi connectivity index (χ1n) is 8.09. The van der Waals surface area contributed by atoms with E-state index in [0.717, 1.165) is 0 Å². The molecule has 1 N–H and O–H groups in total. The van der Waals surface area contributed by atoms with Gasteiger partial charge in [0.05, 0.1) is 10.6 Å². The number of aryl methyl sites for hydroxylation is 1. The van der Waals surface area contributed by atoms with Crippen molar-refractivity contribution in [3.8, 4) is 11.5 Å². The number of hydrogen-bond donors (Lipinski definition) is 1. The molecular formula is C16H21N3O5S. The third-order valence-corrected chi connectivity index (χ3v) is 5.66. The van der Waals surface area contributed by atoms with Gasteiger partial charge in [0, 0.05) is 24.9 Å². The number of ether oxygens (including phenoxy) is 2. The quantitative estimate of drug-likeness (QED) is 0.773. The van der Waals surface area contributed by atoms with Crippen molar-refractivity contribution in [3.63, 3.8) is 0 Å². The van der Waals surface area contributed by atoms with Gasteiger partial charge < -0.3 is 19.3 Å². The molecule has 9 heteroatoms. The van der Waals surface area contributed by atoms with Crippen LogP contribution in [0.3, 0.4) is 0 Å². The molecule has 0 spiro atoms. The van der Waals surface area contributed by atoms with Crippen LogP contribution >= 0.6 is 0 Å². The lowest BCUT2D eigenvalue weighted by Gasteiger charge is -2.18. The first kappa shape index (κ1) is 17.7. The van der Waals surface area contributed by atoms with Gasteiger partial charge in [0.2, 0.25) is 5.89 Å². The Morgan fingerprint density at radius 1 is 1.24 bits per heavy atom. The van der Waals surface area contributed by atoms with Crippen LogP contribution in [-0.2, 0) is 22.7 Å². The van der Waals surface area contributed by atoms with E-state index in [4.69, 9.17) is 14.0 Å². The molecule has 8 nitrogen and oxygen atoms in total. The number of rotatable bonds is 7. The Morgan fingerprint density at radius 3 is 2.76 bits per heavy atom. The van der Waals surface area contributed by atoms with Crippen molar-refractivity contribution in [2.45, 2.75) is 30.7 Å². The monoisotopic (exact) mass is 367 g/mol. The average Bonchev–Trinajstić information content (AvgIpc) is 3.07. The Balaban J connectivity index is 1.66. The molecule has 0 aliphatic carbocycles. The summed E-state index contributed by atoms with van der Waals surface area (Å²) in [5.41, 5.74) is 0. The molecule has 1 aromatic heterocycles. The second kappa shape index (κ2) is 7.40. The molecule has 2 heterocycles. The van der Waals surface area contributed by atoms with Crippen LogP contribution < -0.4 is 14.8 Å². The maximum Gasteiger partial charge on any atom is 0.227 e. The lowest BCUT2D eigenvalue weighted by atomic mass is 10.2. The minimum atomic E-state index is -3.49. The van der Waals surface area contributed by atoms with Crippen LogP contribution in [0.2, 0.25) is 0 Å². The van der Waals surface area contributed by atoms with E-state index >= 15 is 0 Å². The maximum absolute atomic E-state index is 12.5. The predicted molar refractivity (Wildman–Crippen MR) is 89.7 cm³/mol. The molecule has 0 saturated carbocycles. The standard InChI is InChI=1S/C16H21N3O5S/c1-11(17-2)9-15-18-16(24-19-15)5-8-25(20,21)12-3-4-13-14(10-12)23-7-6-22-13/h3-4,10-11,17H,5-9H2,1-2H3. The number of fused-ring (bicyclic) bond motifs is 1. The van der Waals surface area contributed by atoms with Crippen LogP contribution in [0.15, 0.2) is 27.6 Å². The zero-order valence-corrected chi connectivity index (χ0v) is 15.0. The summed E-state index contributed by atoms with van der Waals surface area (Å²) in [6.07, 6.45) is 0.784. The number of likely N-dealkylation sites (N-methyl/N-ethyl adjacent to an activating group) is 1. The van der Waals surface area contributed by atoms with Crippen LogP contribution in [0, 0.1) is 0 Å². The van der Waals surface area contributed by atoms with Crippen LogP contribution in [0.1, 0.15) is 18.6 Å². The highest BCUT2D eigenvalue weighted by Crippen LogP contribution is 2.32. The lowest BCUT2D eigenvalue weighted by Crippen LogP contribution is -2.24. The molecule has 1 unspecified atom stereocenters. The van der Waals surface area contributed by atoms with Crippen molar-refractivity contribution in [1.29, 1.82) is 0 Å². The van der Waals surface area contributed by atoms with E-state index in [1.165, 1.54) is 12.1 Å². The van der Waals surface area contributed by atoms with Gasteiger partial charge in [-0.15, -0.1) is 0 Å². The summed E-state index contributed by atoms with van der Waals surface area (Å²) in [6.45, 7) is 2.87. The minimum Gasteiger partial charge on any atom is -0.486 e. The van der Waals surface area contributed by atoms with Gasteiger partial charge in [-0.05, 0) is 26.1 Å². The third-order valence-electron chi connectivity index (χ3n) is 3.95. The van der Waals surface area contributed by atoms with Crippen molar-refractivity contribution in [2.24, 2.45) is 0 Å². The Morgan fingerprint density at radius 2 is 2.00 bits per heavy atom. The summed E-state index contributed by atoms with van der Waals surface area (Å²) in [5, 5.41) is 6.96. The van der Waals surface area contributed by atoms with Gasteiger partial charge in [-0.25, -0.2) is 8.42 Å². The van der Waals surface area contributed by atoms with E-state index in [-0.39, 0.29) is 23.1 Å². The highest BCUT2D eigenvalue weighted by Gasteiger charge is 2.21. The summed E-state index contributed by atoms with van der Waals surface area (Å²) >= 11 is 0. The van der Waals surface area contributed by atoms with Gasteiger partial charge in [0.25, 0.3) is 0 Å². The van der Waals surface area contributed by atoms with E-state index < -0.39 is 9.84 Å². The van der Waals surface area contributed by atoms with Crippen molar-refractivity contribution in [2.75, 3.05) is 26.0 Å². The molecule has 0 amide bonds. The predicted octanol–water partition coefficient (Wildman–Crippen LogP) is 1.01. The fourth-order valence-corrected chi connectivity index (χ4v) is 3.65. The summed E-state index contributed by atoms with van der Waals surface area (Å²) in [5.74, 6) is 1.78. The number of sulfone groups is 1. The highest BCUT2D eigenvalue weighted by atomic mass is 32.2. The average molecular weight is 367 g/mol. The third kappa shape index (κ3) is 4.29. The Bertz CT molecular complexity index is 834. The normalized spacial score (nSPS) is 15.1. The van der Waals surface area contributed by atoms with Gasteiger partial charge in [-0.2, -0.15) is 4.98 Å². The maximum atomic E-state index is 12.5.